The van der Waals surface area contributed by atoms with Gasteiger partial charge in [-0.15, -0.1) is 0 Å². The Balaban J connectivity index is 1.43. The maximum atomic E-state index is 6.69. The number of furan rings is 1. The van der Waals surface area contributed by atoms with Gasteiger partial charge in [-0.25, -0.2) is 15.0 Å². The van der Waals surface area contributed by atoms with Crippen LogP contribution in [0.2, 0.25) is 5.02 Å². The molecule has 7 aromatic rings. The van der Waals surface area contributed by atoms with Crippen LogP contribution in [0, 0.1) is 0 Å². The smallest absolute Gasteiger partial charge is 0.164 e. The maximum Gasteiger partial charge on any atom is 0.164 e. The van der Waals surface area contributed by atoms with Crippen molar-refractivity contribution in [1.82, 2.24) is 15.0 Å². The quantitative estimate of drug-likeness (QED) is 0.237. The molecule has 0 aliphatic carbocycles. The molecule has 0 unspecified atom stereocenters. The molecule has 5 heteroatoms. The molecular formula is C33H20ClN3O. The summed E-state index contributed by atoms with van der Waals surface area (Å²) in [5.74, 6) is 1.77. The summed E-state index contributed by atoms with van der Waals surface area (Å²) in [5.41, 5.74) is 6.22. The van der Waals surface area contributed by atoms with E-state index in [2.05, 4.69) is 24.3 Å². The molecule has 0 atom stereocenters. The first-order chi connectivity index (χ1) is 18.7. The van der Waals surface area contributed by atoms with Crippen LogP contribution in [0.4, 0.5) is 0 Å². The molecule has 0 fully saturated rings. The molecule has 4 nitrogen and oxygen atoms in total. The van der Waals surface area contributed by atoms with Gasteiger partial charge in [-0.1, -0.05) is 109 Å². The summed E-state index contributed by atoms with van der Waals surface area (Å²) in [4.78, 5) is 14.5. The van der Waals surface area contributed by atoms with Crippen LogP contribution in [0.1, 0.15) is 0 Å². The Bertz CT molecular complexity index is 1870. The largest absolute Gasteiger partial charge is 0.455 e. The maximum absolute atomic E-state index is 6.69. The van der Waals surface area contributed by atoms with E-state index in [0.29, 0.717) is 22.5 Å². The fourth-order valence-electron chi connectivity index (χ4n) is 4.79. The van der Waals surface area contributed by atoms with E-state index < -0.39 is 0 Å². The molecule has 0 saturated heterocycles. The minimum Gasteiger partial charge on any atom is -0.455 e. The third-order valence-electron chi connectivity index (χ3n) is 6.57. The summed E-state index contributed by atoms with van der Waals surface area (Å²) in [6.07, 6.45) is 0. The monoisotopic (exact) mass is 509 g/mol. The number of fused-ring (bicyclic) bond motifs is 3. The van der Waals surface area contributed by atoms with E-state index in [0.717, 1.165) is 49.8 Å². The van der Waals surface area contributed by atoms with Crippen molar-refractivity contribution in [2.75, 3.05) is 0 Å². The van der Waals surface area contributed by atoms with Gasteiger partial charge in [0.1, 0.15) is 11.2 Å². The fraction of sp³-hybridized carbons (Fsp3) is 0. The molecule has 0 aliphatic rings. The van der Waals surface area contributed by atoms with Gasteiger partial charge >= 0.3 is 0 Å². The number of rotatable bonds is 4. The van der Waals surface area contributed by atoms with E-state index >= 15 is 0 Å². The highest BCUT2D eigenvalue weighted by molar-refractivity contribution is 6.31. The molecule has 180 valence electrons. The minimum atomic E-state index is 0.554. The SMILES string of the molecule is Clc1cc(-c2nc(-c3ccccc3)nc(-c3ccccc3)n2)cc(-c2cccc3c2oc2ccccc23)c1. The molecule has 0 bridgehead atoms. The lowest BCUT2D eigenvalue weighted by molar-refractivity contribution is 0.670. The second-order valence-electron chi connectivity index (χ2n) is 9.05. The fourth-order valence-corrected chi connectivity index (χ4v) is 5.02. The second-order valence-corrected chi connectivity index (χ2v) is 9.48. The minimum absolute atomic E-state index is 0.554. The predicted octanol–water partition coefficient (Wildman–Crippen LogP) is 9.09. The van der Waals surface area contributed by atoms with Crippen molar-refractivity contribution in [3.63, 3.8) is 0 Å². The van der Waals surface area contributed by atoms with Crippen LogP contribution in [0.15, 0.2) is 126 Å². The van der Waals surface area contributed by atoms with Gasteiger partial charge in [0.05, 0.1) is 0 Å². The summed E-state index contributed by atoms with van der Waals surface area (Å²) < 4.78 is 6.29. The van der Waals surface area contributed by atoms with E-state index in [-0.39, 0.29) is 0 Å². The van der Waals surface area contributed by atoms with Gasteiger partial charge in [0, 0.05) is 38.0 Å². The average molecular weight is 510 g/mol. The summed E-state index contributed by atoms with van der Waals surface area (Å²) in [6, 6.07) is 40.0. The predicted molar refractivity (Wildman–Crippen MR) is 154 cm³/mol. The van der Waals surface area contributed by atoms with Crippen molar-refractivity contribution in [3.8, 4) is 45.3 Å². The second kappa shape index (κ2) is 9.25. The van der Waals surface area contributed by atoms with Gasteiger partial charge in [-0.3, -0.25) is 0 Å². The van der Waals surface area contributed by atoms with Crippen molar-refractivity contribution in [1.29, 1.82) is 0 Å². The molecule has 7 rings (SSSR count). The van der Waals surface area contributed by atoms with Crippen molar-refractivity contribution < 1.29 is 4.42 Å². The molecule has 0 saturated carbocycles. The highest BCUT2D eigenvalue weighted by Gasteiger charge is 2.16. The van der Waals surface area contributed by atoms with Crippen LogP contribution in [0.5, 0.6) is 0 Å². The third kappa shape index (κ3) is 4.01. The van der Waals surface area contributed by atoms with Gasteiger partial charge in [-0.05, 0) is 29.8 Å². The normalized spacial score (nSPS) is 11.3. The molecular weight excluding hydrogens is 490 g/mol. The van der Waals surface area contributed by atoms with Crippen LogP contribution in [0.25, 0.3) is 67.2 Å². The standard InChI is InChI=1S/C33H20ClN3O/c34-25-19-23(26-15-9-16-28-27-14-7-8-17-29(27)38-30(26)28)18-24(20-25)33-36-31(21-10-3-1-4-11-21)35-32(37-33)22-12-5-2-6-13-22/h1-20H. The molecule has 38 heavy (non-hydrogen) atoms. The van der Waals surface area contributed by atoms with E-state index in [1.54, 1.807) is 0 Å². The number of halogens is 1. The van der Waals surface area contributed by atoms with Crippen LogP contribution in [0.3, 0.4) is 0 Å². The van der Waals surface area contributed by atoms with E-state index in [4.69, 9.17) is 31.0 Å². The van der Waals surface area contributed by atoms with Gasteiger partial charge in [0.25, 0.3) is 0 Å². The Hall–Kier alpha value is -4.80. The van der Waals surface area contributed by atoms with Crippen LogP contribution in [-0.4, -0.2) is 15.0 Å². The zero-order valence-corrected chi connectivity index (χ0v) is 20.9. The van der Waals surface area contributed by atoms with Gasteiger partial charge in [0.15, 0.2) is 17.5 Å². The zero-order chi connectivity index (χ0) is 25.5. The number of benzene rings is 5. The Labute approximate surface area is 224 Å². The Morgan fingerprint density at radius 3 is 1.71 bits per heavy atom. The Morgan fingerprint density at radius 1 is 0.474 bits per heavy atom. The summed E-state index contributed by atoms with van der Waals surface area (Å²) >= 11 is 6.69. The first kappa shape index (κ1) is 22.4. The molecule has 0 radical (unpaired) electrons. The van der Waals surface area contributed by atoms with Crippen LogP contribution in [-0.2, 0) is 0 Å². The molecule has 0 aliphatic heterocycles. The number of hydrogen-bond donors (Lipinski definition) is 0. The Kier molecular flexibility index (Phi) is 5.46. The molecule has 5 aromatic carbocycles. The van der Waals surface area contributed by atoms with Crippen LogP contribution >= 0.6 is 11.6 Å². The lowest BCUT2D eigenvalue weighted by Gasteiger charge is -2.10. The molecule has 0 spiro atoms. The van der Waals surface area contributed by atoms with Gasteiger partial charge in [-0.2, -0.15) is 0 Å². The number of aromatic nitrogens is 3. The average Bonchev–Trinajstić information content (AvgIpc) is 3.36. The molecule has 0 amide bonds. The molecule has 2 aromatic heterocycles. The zero-order valence-electron chi connectivity index (χ0n) is 20.2. The first-order valence-electron chi connectivity index (χ1n) is 12.3. The van der Waals surface area contributed by atoms with Crippen molar-refractivity contribution in [3.05, 3.63) is 126 Å². The van der Waals surface area contributed by atoms with Crippen molar-refractivity contribution in [2.24, 2.45) is 0 Å². The van der Waals surface area contributed by atoms with Crippen LogP contribution < -0.4 is 0 Å². The van der Waals surface area contributed by atoms with Crippen molar-refractivity contribution >= 4 is 33.5 Å². The van der Waals surface area contributed by atoms with E-state index in [9.17, 15) is 0 Å². The van der Waals surface area contributed by atoms with Gasteiger partial charge < -0.3 is 4.42 Å². The first-order valence-corrected chi connectivity index (χ1v) is 12.7. The number of hydrogen-bond acceptors (Lipinski definition) is 4. The van der Waals surface area contributed by atoms with E-state index in [1.165, 1.54) is 0 Å². The van der Waals surface area contributed by atoms with Crippen molar-refractivity contribution in [2.45, 2.75) is 0 Å². The molecule has 2 heterocycles. The summed E-state index contributed by atoms with van der Waals surface area (Å²) in [6.45, 7) is 0. The Morgan fingerprint density at radius 2 is 1.03 bits per heavy atom. The van der Waals surface area contributed by atoms with Gasteiger partial charge in [0.2, 0.25) is 0 Å². The summed E-state index contributed by atoms with van der Waals surface area (Å²) in [5, 5.41) is 2.75. The summed E-state index contributed by atoms with van der Waals surface area (Å²) in [7, 11) is 0. The highest BCUT2D eigenvalue weighted by atomic mass is 35.5. The topological polar surface area (TPSA) is 51.8 Å². The highest BCUT2D eigenvalue weighted by Crippen LogP contribution is 2.38. The number of para-hydroxylation sites is 2. The molecule has 0 N–H and O–H groups in total. The lowest BCUT2D eigenvalue weighted by atomic mass is 10.00. The van der Waals surface area contributed by atoms with E-state index in [1.807, 2.05) is 97.1 Å². The third-order valence-corrected chi connectivity index (χ3v) is 6.79. The lowest BCUT2D eigenvalue weighted by Crippen LogP contribution is -2.00. The number of nitrogens with zero attached hydrogens (tertiary/aromatic N) is 3.